The molecule has 1 aromatic rings. The summed E-state index contributed by atoms with van der Waals surface area (Å²) in [4.78, 5) is 7.17. The zero-order valence-electron chi connectivity index (χ0n) is 14.2. The van der Waals surface area contributed by atoms with Crippen LogP contribution in [0.2, 0.25) is 0 Å². The molecule has 1 saturated carbocycles. The number of nitrogens with one attached hydrogen (secondary N) is 1. The largest absolute Gasteiger partial charge is 0.313 e. The topological polar surface area (TPSA) is 28.2 Å². The highest BCUT2D eigenvalue weighted by molar-refractivity contribution is 5.09. The summed E-state index contributed by atoms with van der Waals surface area (Å²) >= 11 is 0. The van der Waals surface area contributed by atoms with Gasteiger partial charge in [-0.1, -0.05) is 26.8 Å². The zero-order valence-corrected chi connectivity index (χ0v) is 14.2. The second-order valence-electron chi connectivity index (χ2n) is 6.89. The Morgan fingerprint density at radius 3 is 2.67 bits per heavy atom. The van der Waals surface area contributed by atoms with Crippen LogP contribution in [0.25, 0.3) is 0 Å². The Kier molecular flexibility index (Phi) is 5.77. The van der Waals surface area contributed by atoms with Crippen molar-refractivity contribution in [2.45, 2.75) is 59.5 Å². The Bertz CT molecular complexity index is 442. The molecule has 2 rings (SSSR count). The van der Waals surface area contributed by atoms with Crippen molar-refractivity contribution in [1.82, 2.24) is 15.2 Å². The summed E-state index contributed by atoms with van der Waals surface area (Å²) in [5, 5.41) is 3.71. The first-order chi connectivity index (χ1) is 10.0. The Morgan fingerprint density at radius 1 is 1.33 bits per heavy atom. The van der Waals surface area contributed by atoms with E-state index in [-0.39, 0.29) is 0 Å². The highest BCUT2D eigenvalue weighted by atomic mass is 15.1. The summed E-state index contributed by atoms with van der Waals surface area (Å²) in [6, 6.07) is 7.11. The molecule has 0 aliphatic heterocycles. The van der Waals surface area contributed by atoms with Crippen LogP contribution in [0.15, 0.2) is 18.2 Å². The number of nitrogens with zero attached hydrogens (tertiary/aromatic N) is 2. The second-order valence-corrected chi connectivity index (χ2v) is 6.89. The summed E-state index contributed by atoms with van der Waals surface area (Å²) in [6.07, 6.45) is 3.94. The predicted molar refractivity (Wildman–Crippen MR) is 89.3 cm³/mol. The number of aromatic nitrogens is 1. The molecule has 0 amide bonds. The van der Waals surface area contributed by atoms with E-state index in [4.69, 9.17) is 0 Å². The molecule has 0 saturated heterocycles. The van der Waals surface area contributed by atoms with E-state index in [0.717, 1.165) is 37.9 Å². The van der Waals surface area contributed by atoms with Crippen LogP contribution in [-0.2, 0) is 6.54 Å². The van der Waals surface area contributed by atoms with Crippen molar-refractivity contribution in [2.24, 2.45) is 5.41 Å². The van der Waals surface area contributed by atoms with Gasteiger partial charge in [-0.05, 0) is 50.3 Å². The lowest BCUT2D eigenvalue weighted by Crippen LogP contribution is -2.42. The molecular formula is C18H31N3. The van der Waals surface area contributed by atoms with E-state index in [1.165, 1.54) is 25.0 Å². The van der Waals surface area contributed by atoms with Crippen molar-refractivity contribution in [1.29, 1.82) is 0 Å². The van der Waals surface area contributed by atoms with Crippen molar-refractivity contribution >= 4 is 0 Å². The molecule has 0 radical (unpaired) electrons. The number of pyridine rings is 1. The standard InChI is InChI=1S/C18H31N3/c1-5-18(4,13-19-16-10-11-16)14-21(6-2)12-17-9-7-8-15(3)20-17/h7-9,16,19H,5-6,10-14H2,1-4H3. The Morgan fingerprint density at radius 2 is 2.10 bits per heavy atom. The molecule has 3 nitrogen and oxygen atoms in total. The molecule has 0 bridgehead atoms. The Labute approximate surface area is 130 Å². The molecule has 1 fully saturated rings. The third-order valence-corrected chi connectivity index (χ3v) is 4.63. The van der Waals surface area contributed by atoms with Gasteiger partial charge in [0.05, 0.1) is 5.69 Å². The SMILES string of the molecule is CCN(Cc1cccc(C)n1)CC(C)(CC)CNC1CC1. The second kappa shape index (κ2) is 7.37. The number of rotatable bonds is 9. The average Bonchev–Trinajstić information content (AvgIpc) is 3.29. The van der Waals surface area contributed by atoms with Gasteiger partial charge in [0.2, 0.25) is 0 Å². The summed E-state index contributed by atoms with van der Waals surface area (Å²) in [6.45, 7) is 13.3. The van der Waals surface area contributed by atoms with Crippen LogP contribution in [0, 0.1) is 12.3 Å². The van der Waals surface area contributed by atoms with E-state index >= 15 is 0 Å². The Balaban J connectivity index is 1.92. The molecule has 0 aromatic carbocycles. The van der Waals surface area contributed by atoms with Crippen molar-refractivity contribution in [2.75, 3.05) is 19.6 Å². The maximum Gasteiger partial charge on any atom is 0.0547 e. The summed E-state index contributed by atoms with van der Waals surface area (Å²) in [7, 11) is 0. The van der Waals surface area contributed by atoms with Gasteiger partial charge in [0.25, 0.3) is 0 Å². The summed E-state index contributed by atoms with van der Waals surface area (Å²) in [5.74, 6) is 0. The molecule has 1 unspecified atom stereocenters. The fourth-order valence-electron chi connectivity index (χ4n) is 2.71. The average molecular weight is 289 g/mol. The molecule has 1 aromatic heterocycles. The van der Waals surface area contributed by atoms with E-state index < -0.39 is 0 Å². The van der Waals surface area contributed by atoms with E-state index in [2.05, 4.69) is 61.1 Å². The molecule has 0 spiro atoms. The lowest BCUT2D eigenvalue weighted by Gasteiger charge is -2.34. The molecule has 1 heterocycles. The maximum absolute atomic E-state index is 4.64. The van der Waals surface area contributed by atoms with E-state index in [9.17, 15) is 0 Å². The predicted octanol–water partition coefficient (Wildman–Crippen LogP) is 3.38. The number of hydrogen-bond donors (Lipinski definition) is 1. The van der Waals surface area contributed by atoms with Crippen molar-refractivity contribution < 1.29 is 0 Å². The van der Waals surface area contributed by atoms with Gasteiger partial charge >= 0.3 is 0 Å². The molecule has 1 aliphatic rings. The van der Waals surface area contributed by atoms with Crippen LogP contribution in [0.4, 0.5) is 0 Å². The fraction of sp³-hybridized carbons (Fsp3) is 0.722. The monoisotopic (exact) mass is 289 g/mol. The van der Waals surface area contributed by atoms with E-state index in [0.29, 0.717) is 5.41 Å². The van der Waals surface area contributed by atoms with Crippen LogP contribution in [0.3, 0.4) is 0 Å². The van der Waals surface area contributed by atoms with Crippen LogP contribution in [0.5, 0.6) is 0 Å². The lowest BCUT2D eigenvalue weighted by atomic mass is 9.86. The van der Waals surface area contributed by atoms with Crippen LogP contribution in [-0.4, -0.2) is 35.6 Å². The van der Waals surface area contributed by atoms with Crippen molar-refractivity contribution in [3.05, 3.63) is 29.6 Å². The van der Waals surface area contributed by atoms with Gasteiger partial charge in [0, 0.05) is 31.4 Å². The van der Waals surface area contributed by atoms with Crippen LogP contribution in [0.1, 0.15) is 51.4 Å². The molecule has 1 atom stereocenters. The minimum Gasteiger partial charge on any atom is -0.313 e. The smallest absolute Gasteiger partial charge is 0.0547 e. The molecule has 1 aliphatic carbocycles. The molecule has 118 valence electrons. The minimum absolute atomic E-state index is 0.350. The van der Waals surface area contributed by atoms with Gasteiger partial charge in [0.1, 0.15) is 0 Å². The molecule has 21 heavy (non-hydrogen) atoms. The summed E-state index contributed by atoms with van der Waals surface area (Å²) in [5.41, 5.74) is 2.64. The van der Waals surface area contributed by atoms with Gasteiger partial charge < -0.3 is 5.32 Å². The normalized spacial score (nSPS) is 18.0. The van der Waals surface area contributed by atoms with Crippen molar-refractivity contribution in [3.8, 4) is 0 Å². The van der Waals surface area contributed by atoms with Gasteiger partial charge in [-0.2, -0.15) is 0 Å². The van der Waals surface area contributed by atoms with E-state index in [1.54, 1.807) is 0 Å². The molecule has 3 heteroatoms. The third-order valence-electron chi connectivity index (χ3n) is 4.63. The maximum atomic E-state index is 4.64. The van der Waals surface area contributed by atoms with Crippen molar-refractivity contribution in [3.63, 3.8) is 0 Å². The first kappa shape index (κ1) is 16.4. The highest BCUT2D eigenvalue weighted by Crippen LogP contribution is 2.26. The van der Waals surface area contributed by atoms with Gasteiger partial charge in [-0.3, -0.25) is 9.88 Å². The zero-order chi connectivity index (χ0) is 15.3. The number of aryl methyl sites for hydroxylation is 1. The van der Waals surface area contributed by atoms with Gasteiger partial charge in [-0.15, -0.1) is 0 Å². The van der Waals surface area contributed by atoms with E-state index in [1.807, 2.05) is 0 Å². The van der Waals surface area contributed by atoms with Crippen LogP contribution < -0.4 is 5.32 Å². The van der Waals surface area contributed by atoms with Crippen LogP contribution >= 0.6 is 0 Å². The van der Waals surface area contributed by atoms with Gasteiger partial charge in [-0.25, -0.2) is 0 Å². The third kappa shape index (κ3) is 5.40. The summed E-state index contributed by atoms with van der Waals surface area (Å²) < 4.78 is 0. The minimum atomic E-state index is 0.350. The molecule has 1 N–H and O–H groups in total. The fourth-order valence-corrected chi connectivity index (χ4v) is 2.71. The van der Waals surface area contributed by atoms with Gasteiger partial charge in [0.15, 0.2) is 0 Å². The first-order valence-corrected chi connectivity index (χ1v) is 8.43. The number of hydrogen-bond acceptors (Lipinski definition) is 3. The molecular weight excluding hydrogens is 258 g/mol. The highest BCUT2D eigenvalue weighted by Gasteiger charge is 2.28. The lowest BCUT2D eigenvalue weighted by molar-refractivity contribution is 0.153. The Hall–Kier alpha value is -0.930. The quantitative estimate of drug-likeness (QED) is 0.755. The first-order valence-electron chi connectivity index (χ1n) is 8.43.